The van der Waals surface area contributed by atoms with Gasteiger partial charge in [-0.05, 0) is 19.8 Å². The molecule has 1 N–H and O–H groups in total. The SMILES string of the molecule is COC(=O)C(OCCCCn1cc(C)c(=O)[nH]c1=O)P(=O)(OC)OC. The van der Waals surface area contributed by atoms with Crippen LogP contribution in [-0.2, 0) is 34.4 Å². The Morgan fingerprint density at radius 2 is 1.88 bits per heavy atom. The Hall–Kier alpha value is -1.74. The number of esters is 1. The van der Waals surface area contributed by atoms with E-state index in [1.165, 1.54) is 10.8 Å². The molecule has 0 aliphatic rings. The number of aromatic nitrogens is 2. The predicted molar refractivity (Wildman–Crippen MR) is 88.7 cm³/mol. The Morgan fingerprint density at radius 1 is 1.24 bits per heavy atom. The number of carbonyl (C=O) groups is 1. The Labute approximate surface area is 144 Å². The topological polar surface area (TPSA) is 126 Å². The van der Waals surface area contributed by atoms with Crippen molar-refractivity contribution >= 4 is 13.6 Å². The van der Waals surface area contributed by atoms with Gasteiger partial charge in [0.25, 0.3) is 11.4 Å². The van der Waals surface area contributed by atoms with Crippen molar-refractivity contribution in [3.8, 4) is 0 Å². The summed E-state index contributed by atoms with van der Waals surface area (Å²) in [6.45, 7) is 2.04. The highest BCUT2D eigenvalue weighted by atomic mass is 31.2. The first-order valence-electron chi connectivity index (χ1n) is 7.50. The number of unbranched alkanes of at least 4 members (excludes halogenated alkanes) is 1. The highest BCUT2D eigenvalue weighted by molar-refractivity contribution is 7.55. The summed E-state index contributed by atoms with van der Waals surface area (Å²) in [5.74, 6) is -2.34. The molecule has 0 saturated carbocycles. The molecular weight excluding hydrogens is 355 g/mol. The third kappa shape index (κ3) is 5.64. The minimum Gasteiger partial charge on any atom is -0.467 e. The molecule has 0 fully saturated rings. The maximum absolute atomic E-state index is 12.3. The Balaban J connectivity index is 2.59. The second kappa shape index (κ2) is 9.67. The molecule has 1 heterocycles. The van der Waals surface area contributed by atoms with E-state index in [-0.39, 0.29) is 6.61 Å². The van der Waals surface area contributed by atoms with Crippen molar-refractivity contribution in [2.24, 2.45) is 0 Å². The molecule has 1 unspecified atom stereocenters. The van der Waals surface area contributed by atoms with Gasteiger partial charge in [-0.15, -0.1) is 0 Å². The van der Waals surface area contributed by atoms with Crippen LogP contribution in [0.25, 0.3) is 0 Å². The summed E-state index contributed by atoms with van der Waals surface area (Å²) in [6.07, 6.45) is 2.47. The average molecular weight is 378 g/mol. The largest absolute Gasteiger partial charge is 0.467 e. The summed E-state index contributed by atoms with van der Waals surface area (Å²) >= 11 is 0. The van der Waals surface area contributed by atoms with E-state index >= 15 is 0 Å². The lowest BCUT2D eigenvalue weighted by atomic mass is 10.3. The molecule has 1 rings (SSSR count). The standard InChI is InChI=1S/C14H23N2O8P/c1-10-9-16(14(19)15-11(10)17)7-5-6-8-24-13(12(18)21-2)25(20,22-3)23-4/h9,13H,5-8H2,1-4H3,(H,15,17,19). The smallest absolute Gasteiger partial charge is 0.370 e. The second-order valence-electron chi connectivity index (χ2n) is 5.12. The Bertz CT molecular complexity index is 733. The van der Waals surface area contributed by atoms with Gasteiger partial charge in [-0.3, -0.25) is 14.3 Å². The van der Waals surface area contributed by atoms with E-state index in [0.717, 1.165) is 21.3 Å². The summed E-state index contributed by atoms with van der Waals surface area (Å²) < 4.78 is 33.1. The highest BCUT2D eigenvalue weighted by Crippen LogP contribution is 2.52. The number of rotatable bonds is 10. The lowest BCUT2D eigenvalue weighted by molar-refractivity contribution is -0.149. The van der Waals surface area contributed by atoms with Gasteiger partial charge < -0.3 is 23.1 Å². The van der Waals surface area contributed by atoms with E-state index < -0.39 is 30.7 Å². The number of methoxy groups -OCH3 is 1. The molecule has 0 aliphatic heterocycles. The molecule has 0 saturated heterocycles. The summed E-state index contributed by atoms with van der Waals surface area (Å²) in [6, 6.07) is 0. The van der Waals surface area contributed by atoms with Crippen molar-refractivity contribution in [3.05, 3.63) is 32.6 Å². The number of H-pyrrole nitrogens is 1. The maximum atomic E-state index is 12.3. The van der Waals surface area contributed by atoms with Crippen molar-refractivity contribution in [2.75, 3.05) is 27.9 Å². The van der Waals surface area contributed by atoms with Gasteiger partial charge in [-0.1, -0.05) is 0 Å². The fraction of sp³-hybridized carbons (Fsp3) is 0.643. The van der Waals surface area contributed by atoms with Crippen LogP contribution in [0.4, 0.5) is 0 Å². The number of hydrogen-bond acceptors (Lipinski definition) is 8. The lowest BCUT2D eigenvalue weighted by Gasteiger charge is -2.22. The van der Waals surface area contributed by atoms with E-state index in [0.29, 0.717) is 24.9 Å². The van der Waals surface area contributed by atoms with E-state index in [1.807, 2.05) is 0 Å². The number of nitrogens with zero attached hydrogens (tertiary/aromatic N) is 1. The molecule has 0 amide bonds. The van der Waals surface area contributed by atoms with Crippen LogP contribution in [-0.4, -0.2) is 49.3 Å². The molecule has 142 valence electrons. The fourth-order valence-corrected chi connectivity index (χ4v) is 3.20. The summed E-state index contributed by atoms with van der Waals surface area (Å²) in [5.41, 5.74) is -0.477. The predicted octanol–water partition coefficient (Wildman–Crippen LogP) is 0.627. The highest BCUT2D eigenvalue weighted by Gasteiger charge is 2.42. The Morgan fingerprint density at radius 3 is 2.44 bits per heavy atom. The van der Waals surface area contributed by atoms with E-state index in [2.05, 4.69) is 9.72 Å². The molecule has 0 spiro atoms. The van der Waals surface area contributed by atoms with Crippen molar-refractivity contribution in [1.82, 2.24) is 9.55 Å². The minimum atomic E-state index is -3.78. The van der Waals surface area contributed by atoms with Crippen LogP contribution in [0, 0.1) is 6.92 Å². The van der Waals surface area contributed by atoms with Gasteiger partial charge >= 0.3 is 19.3 Å². The first kappa shape index (κ1) is 21.3. The van der Waals surface area contributed by atoms with Crippen LogP contribution in [0.1, 0.15) is 18.4 Å². The molecule has 25 heavy (non-hydrogen) atoms. The first-order chi connectivity index (χ1) is 11.8. The quantitative estimate of drug-likeness (QED) is 0.357. The third-order valence-corrected chi connectivity index (χ3v) is 5.41. The van der Waals surface area contributed by atoms with E-state index in [9.17, 15) is 18.9 Å². The normalized spacial score (nSPS) is 12.8. The van der Waals surface area contributed by atoms with E-state index in [1.54, 1.807) is 6.92 Å². The average Bonchev–Trinajstić information content (AvgIpc) is 2.60. The summed E-state index contributed by atoms with van der Waals surface area (Å²) in [7, 11) is -0.349. The number of aryl methyl sites for hydroxylation is 2. The van der Waals surface area contributed by atoms with Gasteiger partial charge in [0.05, 0.1) is 7.11 Å². The maximum Gasteiger partial charge on any atom is 0.370 e. The number of carbonyl (C=O) groups excluding carboxylic acids is 1. The van der Waals surface area contributed by atoms with Crippen LogP contribution >= 0.6 is 7.60 Å². The molecule has 1 aromatic rings. The molecule has 0 aromatic carbocycles. The van der Waals surface area contributed by atoms with Gasteiger partial charge in [0.15, 0.2) is 0 Å². The van der Waals surface area contributed by atoms with Gasteiger partial charge in [0, 0.05) is 39.1 Å². The fourth-order valence-electron chi connectivity index (χ4n) is 2.02. The molecular formula is C14H23N2O8P. The summed E-state index contributed by atoms with van der Waals surface area (Å²) in [5, 5.41) is 0. The number of hydrogen-bond donors (Lipinski definition) is 1. The minimum absolute atomic E-state index is 0.0769. The van der Waals surface area contributed by atoms with Gasteiger partial charge in [0.2, 0.25) is 0 Å². The van der Waals surface area contributed by atoms with Crippen molar-refractivity contribution in [1.29, 1.82) is 0 Å². The van der Waals surface area contributed by atoms with Gasteiger partial charge in [-0.2, -0.15) is 0 Å². The molecule has 0 radical (unpaired) electrons. The van der Waals surface area contributed by atoms with Crippen LogP contribution in [0.2, 0.25) is 0 Å². The monoisotopic (exact) mass is 378 g/mol. The zero-order chi connectivity index (χ0) is 19.0. The van der Waals surface area contributed by atoms with Crippen molar-refractivity contribution < 1.29 is 27.9 Å². The molecule has 11 heteroatoms. The zero-order valence-electron chi connectivity index (χ0n) is 14.6. The first-order valence-corrected chi connectivity index (χ1v) is 9.11. The van der Waals surface area contributed by atoms with Gasteiger partial charge in [-0.25, -0.2) is 9.59 Å². The van der Waals surface area contributed by atoms with Crippen LogP contribution in [0.15, 0.2) is 15.8 Å². The number of nitrogens with one attached hydrogen (secondary N) is 1. The van der Waals surface area contributed by atoms with Crippen molar-refractivity contribution in [3.63, 3.8) is 0 Å². The molecule has 0 bridgehead atoms. The van der Waals surface area contributed by atoms with E-state index in [4.69, 9.17) is 13.8 Å². The van der Waals surface area contributed by atoms with Crippen molar-refractivity contribution in [2.45, 2.75) is 32.2 Å². The molecule has 1 atom stereocenters. The number of ether oxygens (including phenoxy) is 2. The lowest BCUT2D eigenvalue weighted by Crippen LogP contribution is -2.31. The molecule has 1 aromatic heterocycles. The van der Waals surface area contributed by atoms with Crippen LogP contribution in [0.5, 0.6) is 0 Å². The van der Waals surface area contributed by atoms with Crippen LogP contribution < -0.4 is 11.2 Å². The third-order valence-electron chi connectivity index (χ3n) is 3.46. The summed E-state index contributed by atoms with van der Waals surface area (Å²) in [4.78, 5) is 36.9. The van der Waals surface area contributed by atoms with Gasteiger partial charge in [0.1, 0.15) is 0 Å². The number of aromatic amines is 1. The Kier molecular flexibility index (Phi) is 8.24. The van der Waals surface area contributed by atoms with Crippen LogP contribution in [0.3, 0.4) is 0 Å². The zero-order valence-corrected chi connectivity index (χ0v) is 15.5. The molecule has 0 aliphatic carbocycles. The molecule has 10 nitrogen and oxygen atoms in total. The second-order valence-corrected chi connectivity index (χ2v) is 7.40.